The molecule has 0 aromatic heterocycles. The average Bonchev–Trinajstić information content (AvgIpc) is 2.34. The van der Waals surface area contributed by atoms with Crippen LogP contribution in [0.5, 0.6) is 0 Å². The summed E-state index contributed by atoms with van der Waals surface area (Å²) in [7, 11) is 0. The van der Waals surface area contributed by atoms with Gasteiger partial charge in [0.05, 0.1) is 0 Å². The van der Waals surface area contributed by atoms with Crippen LogP contribution in [0.2, 0.25) is 0 Å². The number of carbonyl (C=O) groups is 2. The number of hydrogen-bond donors (Lipinski definition) is 1. The summed E-state index contributed by atoms with van der Waals surface area (Å²) in [6.07, 6.45) is 0.845. The maximum atomic E-state index is 11.9. The SMILES string of the molecule is CC(CCN1CCN(C(=O)OC(C)(C)C)CC1)CC(=O)O. The highest BCUT2D eigenvalue weighted by Crippen LogP contribution is 2.13. The molecule has 0 aromatic rings. The number of hydrogen-bond acceptors (Lipinski definition) is 4. The number of piperazine rings is 1. The quantitative estimate of drug-likeness (QED) is 0.841. The van der Waals surface area contributed by atoms with E-state index in [9.17, 15) is 9.59 Å². The second kappa shape index (κ2) is 7.64. The van der Waals surface area contributed by atoms with Gasteiger partial charge >= 0.3 is 12.1 Å². The smallest absolute Gasteiger partial charge is 0.410 e. The zero-order chi connectivity index (χ0) is 16.0. The van der Waals surface area contributed by atoms with E-state index in [0.717, 1.165) is 26.1 Å². The van der Waals surface area contributed by atoms with Gasteiger partial charge in [-0.1, -0.05) is 6.92 Å². The van der Waals surface area contributed by atoms with Gasteiger partial charge in [0.2, 0.25) is 0 Å². The number of amides is 1. The van der Waals surface area contributed by atoms with E-state index in [1.165, 1.54) is 0 Å². The Hall–Kier alpha value is -1.30. The van der Waals surface area contributed by atoms with Crippen molar-refractivity contribution in [3.8, 4) is 0 Å². The maximum Gasteiger partial charge on any atom is 0.410 e. The van der Waals surface area contributed by atoms with Crippen LogP contribution < -0.4 is 0 Å². The van der Waals surface area contributed by atoms with Crippen LogP contribution >= 0.6 is 0 Å². The van der Waals surface area contributed by atoms with Gasteiger partial charge in [0, 0.05) is 32.6 Å². The van der Waals surface area contributed by atoms with Crippen molar-refractivity contribution in [3.05, 3.63) is 0 Å². The molecule has 1 amide bonds. The summed E-state index contributed by atoms with van der Waals surface area (Å²) >= 11 is 0. The molecule has 1 saturated heterocycles. The predicted molar refractivity (Wildman–Crippen MR) is 80.3 cm³/mol. The fourth-order valence-electron chi connectivity index (χ4n) is 2.28. The van der Waals surface area contributed by atoms with Gasteiger partial charge in [-0.25, -0.2) is 4.79 Å². The predicted octanol–water partition coefficient (Wildman–Crippen LogP) is 2.04. The third-order valence-corrected chi connectivity index (χ3v) is 3.49. The van der Waals surface area contributed by atoms with Crippen LogP contribution in [-0.2, 0) is 9.53 Å². The Kier molecular flexibility index (Phi) is 6.45. The monoisotopic (exact) mass is 300 g/mol. The molecule has 0 saturated carbocycles. The van der Waals surface area contributed by atoms with Crippen LogP contribution in [0.15, 0.2) is 0 Å². The lowest BCUT2D eigenvalue weighted by molar-refractivity contribution is -0.138. The number of rotatable bonds is 5. The van der Waals surface area contributed by atoms with Crippen LogP contribution in [0, 0.1) is 5.92 Å². The molecule has 0 aromatic carbocycles. The van der Waals surface area contributed by atoms with E-state index in [0.29, 0.717) is 13.1 Å². The first-order chi connectivity index (χ1) is 9.67. The molecule has 6 heteroatoms. The molecule has 0 aliphatic carbocycles. The van der Waals surface area contributed by atoms with E-state index in [4.69, 9.17) is 9.84 Å². The standard InChI is InChI=1S/C15H28N2O4/c1-12(11-13(18)19)5-6-16-7-9-17(10-8-16)14(20)21-15(2,3)4/h12H,5-11H2,1-4H3,(H,18,19). The first-order valence-electron chi connectivity index (χ1n) is 7.59. The number of carboxylic acid groups (broad SMARTS) is 1. The van der Waals surface area contributed by atoms with Crippen LogP contribution in [0.3, 0.4) is 0 Å². The lowest BCUT2D eigenvalue weighted by Gasteiger charge is -2.35. The summed E-state index contributed by atoms with van der Waals surface area (Å²) < 4.78 is 5.36. The average molecular weight is 300 g/mol. The molecule has 1 aliphatic heterocycles. The Balaban J connectivity index is 2.26. The number of carboxylic acids is 1. The molecule has 1 rings (SSSR count). The van der Waals surface area contributed by atoms with Crippen molar-refractivity contribution >= 4 is 12.1 Å². The van der Waals surface area contributed by atoms with Gasteiger partial charge in [0.15, 0.2) is 0 Å². The Morgan fingerprint density at radius 2 is 1.76 bits per heavy atom. The van der Waals surface area contributed by atoms with E-state index in [1.807, 2.05) is 27.7 Å². The minimum absolute atomic E-state index is 0.186. The number of aliphatic carboxylic acids is 1. The summed E-state index contributed by atoms with van der Waals surface area (Å²) in [5.74, 6) is -0.552. The lowest BCUT2D eigenvalue weighted by Crippen LogP contribution is -2.50. The summed E-state index contributed by atoms with van der Waals surface area (Å²) in [5.41, 5.74) is -0.458. The van der Waals surface area contributed by atoms with Gasteiger partial charge in [-0.2, -0.15) is 0 Å². The van der Waals surface area contributed by atoms with Crippen molar-refractivity contribution in [2.45, 2.75) is 46.1 Å². The fourth-order valence-corrected chi connectivity index (χ4v) is 2.28. The first-order valence-corrected chi connectivity index (χ1v) is 7.59. The third-order valence-electron chi connectivity index (χ3n) is 3.49. The molecule has 0 radical (unpaired) electrons. The van der Waals surface area contributed by atoms with E-state index in [2.05, 4.69) is 4.90 Å². The minimum Gasteiger partial charge on any atom is -0.481 e. The molecule has 1 fully saturated rings. The van der Waals surface area contributed by atoms with Crippen molar-refractivity contribution in [1.29, 1.82) is 0 Å². The van der Waals surface area contributed by atoms with Gasteiger partial charge in [0.25, 0.3) is 0 Å². The molecule has 6 nitrogen and oxygen atoms in total. The molecular weight excluding hydrogens is 272 g/mol. The summed E-state index contributed by atoms with van der Waals surface area (Å²) in [6.45, 7) is 11.4. The van der Waals surface area contributed by atoms with Gasteiger partial charge < -0.3 is 14.7 Å². The Morgan fingerprint density at radius 1 is 1.19 bits per heavy atom. The zero-order valence-corrected chi connectivity index (χ0v) is 13.6. The van der Waals surface area contributed by atoms with Gasteiger partial charge in [-0.05, 0) is 39.7 Å². The molecular formula is C15H28N2O4. The second-order valence-electron chi connectivity index (χ2n) is 6.80. The normalized spacial score (nSPS) is 18.4. The molecule has 1 aliphatic rings. The van der Waals surface area contributed by atoms with Crippen molar-refractivity contribution in [1.82, 2.24) is 9.80 Å². The van der Waals surface area contributed by atoms with E-state index < -0.39 is 11.6 Å². The van der Waals surface area contributed by atoms with Crippen LogP contribution in [0.25, 0.3) is 0 Å². The van der Waals surface area contributed by atoms with E-state index in [1.54, 1.807) is 4.90 Å². The molecule has 0 spiro atoms. The first kappa shape index (κ1) is 17.8. The largest absolute Gasteiger partial charge is 0.481 e. The van der Waals surface area contributed by atoms with E-state index in [-0.39, 0.29) is 18.4 Å². The molecule has 21 heavy (non-hydrogen) atoms. The van der Waals surface area contributed by atoms with Gasteiger partial charge in [-0.15, -0.1) is 0 Å². The highest BCUT2D eigenvalue weighted by atomic mass is 16.6. The van der Waals surface area contributed by atoms with Crippen molar-refractivity contribution in [2.75, 3.05) is 32.7 Å². The molecule has 1 heterocycles. The Labute approximate surface area is 127 Å². The summed E-state index contributed by atoms with van der Waals surface area (Å²) in [4.78, 5) is 26.6. The van der Waals surface area contributed by atoms with Crippen LogP contribution in [0.1, 0.15) is 40.5 Å². The highest BCUT2D eigenvalue weighted by Gasteiger charge is 2.25. The molecule has 122 valence electrons. The zero-order valence-electron chi connectivity index (χ0n) is 13.6. The van der Waals surface area contributed by atoms with Crippen molar-refractivity contribution in [2.24, 2.45) is 5.92 Å². The van der Waals surface area contributed by atoms with Crippen molar-refractivity contribution in [3.63, 3.8) is 0 Å². The summed E-state index contributed by atoms with van der Waals surface area (Å²) in [5, 5.41) is 8.74. The van der Waals surface area contributed by atoms with Crippen LogP contribution in [0.4, 0.5) is 4.79 Å². The molecule has 0 bridgehead atoms. The number of nitrogens with zero attached hydrogens (tertiary/aromatic N) is 2. The third kappa shape index (κ3) is 7.32. The van der Waals surface area contributed by atoms with E-state index >= 15 is 0 Å². The second-order valence-corrected chi connectivity index (χ2v) is 6.80. The van der Waals surface area contributed by atoms with Gasteiger partial charge in [0.1, 0.15) is 5.60 Å². The summed E-state index contributed by atoms with van der Waals surface area (Å²) in [6, 6.07) is 0. The van der Waals surface area contributed by atoms with Gasteiger partial charge in [-0.3, -0.25) is 9.69 Å². The molecule has 1 atom stereocenters. The Morgan fingerprint density at radius 3 is 2.24 bits per heavy atom. The molecule has 1 N–H and O–H groups in total. The topological polar surface area (TPSA) is 70.1 Å². The minimum atomic E-state index is -0.739. The van der Waals surface area contributed by atoms with Crippen molar-refractivity contribution < 1.29 is 19.4 Å². The fraction of sp³-hybridized carbons (Fsp3) is 0.867. The van der Waals surface area contributed by atoms with Crippen LogP contribution in [-0.4, -0.2) is 65.3 Å². The lowest BCUT2D eigenvalue weighted by atomic mass is 10.0. The number of ether oxygens (including phenoxy) is 1. The molecule has 1 unspecified atom stereocenters. The number of carbonyl (C=O) groups excluding carboxylic acids is 1. The highest BCUT2D eigenvalue weighted by molar-refractivity contribution is 5.68. The Bertz CT molecular complexity index is 357. The maximum absolute atomic E-state index is 11.9.